The van der Waals surface area contributed by atoms with Crippen LogP contribution in [0.1, 0.15) is 71.8 Å². The highest BCUT2D eigenvalue weighted by atomic mass is 19.4. The predicted molar refractivity (Wildman–Crippen MR) is 219 cm³/mol. The van der Waals surface area contributed by atoms with Gasteiger partial charge in [0.1, 0.15) is 29.7 Å². The van der Waals surface area contributed by atoms with Gasteiger partial charge in [0.2, 0.25) is 0 Å². The Morgan fingerprint density at radius 3 is 2.10 bits per heavy atom. The normalized spacial score (nSPS) is 21.0. The summed E-state index contributed by atoms with van der Waals surface area (Å²) in [4.78, 5) is 34.5. The van der Waals surface area contributed by atoms with Crippen molar-refractivity contribution in [2.24, 2.45) is 5.92 Å². The Morgan fingerprint density at radius 1 is 0.915 bits per heavy atom. The lowest BCUT2D eigenvalue weighted by molar-refractivity contribution is -0.139. The average Bonchev–Trinajstić information content (AvgIpc) is 3.63. The number of ether oxygens (including phenoxy) is 3. The monoisotopic (exact) mass is 817 g/mol. The van der Waals surface area contributed by atoms with Crippen LogP contribution in [-0.4, -0.2) is 102 Å². The first-order valence-corrected chi connectivity index (χ1v) is 20.3. The van der Waals surface area contributed by atoms with Crippen molar-refractivity contribution in [1.82, 2.24) is 24.8 Å². The number of likely N-dealkylation sites (N-methyl/N-ethyl adjacent to an activating group) is 1. The number of carbonyl (C=O) groups is 1. The third kappa shape index (κ3) is 9.29. The number of rotatable bonds is 12. The number of fused-ring (bicyclic) bond motifs is 1. The van der Waals surface area contributed by atoms with Crippen molar-refractivity contribution >= 4 is 17.7 Å². The Labute approximate surface area is 343 Å². The van der Waals surface area contributed by atoms with Crippen LogP contribution in [-0.2, 0) is 32.1 Å². The highest BCUT2D eigenvalue weighted by Gasteiger charge is 2.43. The minimum absolute atomic E-state index is 0.00114. The lowest BCUT2D eigenvalue weighted by Gasteiger charge is -2.41. The van der Waals surface area contributed by atoms with Crippen LogP contribution in [0.3, 0.4) is 0 Å². The van der Waals surface area contributed by atoms with E-state index in [1.54, 1.807) is 20.3 Å². The number of aromatic nitrogens is 3. The number of pyridine rings is 1. The minimum Gasteiger partial charge on any atom is -0.497 e. The third-order valence-electron chi connectivity index (χ3n) is 12.2. The molecule has 2 unspecified atom stereocenters. The standard InChI is InChI=1S/C44H54F3N7O5/c1-27-20-36-37(48-42(59-26-32-8-7-17-51(32)4)50-41(36)54-19-18-52(43(55)56)23-29(54)3)22-35(27)40-39(44(45,46)47)28(2)21-38(49-40)53(24-30-9-13-33(57-5)14-10-30)25-31-11-15-34(58-6)16-12-31/h9-16,21,27,29,32,35H,7-8,17-20,22-26H2,1-6H3,(H,55,56)/t27?,29-,32-,35?/m0/s1. The topological polar surface area (TPSA) is 117 Å². The molecule has 2 aromatic heterocycles. The molecular formula is C44H54F3N7O5. The summed E-state index contributed by atoms with van der Waals surface area (Å²) in [6, 6.07) is 17.0. The second-order valence-corrected chi connectivity index (χ2v) is 16.2. The summed E-state index contributed by atoms with van der Waals surface area (Å²) in [6.07, 6.45) is -2.96. The molecule has 4 heterocycles. The van der Waals surface area contributed by atoms with Gasteiger partial charge in [0.05, 0.1) is 31.2 Å². The molecule has 4 aromatic rings. The summed E-state index contributed by atoms with van der Waals surface area (Å²) < 4.78 is 62.8. The Kier molecular flexibility index (Phi) is 12.4. The smallest absolute Gasteiger partial charge is 0.418 e. The van der Waals surface area contributed by atoms with Gasteiger partial charge in [-0.3, -0.25) is 0 Å². The molecular weight excluding hydrogens is 764 g/mol. The maximum atomic E-state index is 15.3. The van der Waals surface area contributed by atoms with E-state index >= 15 is 13.2 Å². The maximum Gasteiger partial charge on any atom is 0.418 e. The van der Waals surface area contributed by atoms with Crippen LogP contribution in [0.5, 0.6) is 17.5 Å². The Bertz CT molecular complexity index is 2050. The second-order valence-electron chi connectivity index (χ2n) is 16.2. The number of aryl methyl sites for hydroxylation is 1. The van der Waals surface area contributed by atoms with E-state index in [0.29, 0.717) is 74.6 Å². The molecule has 0 saturated carbocycles. The number of methoxy groups -OCH3 is 2. The van der Waals surface area contributed by atoms with E-state index in [4.69, 9.17) is 29.2 Å². The fourth-order valence-corrected chi connectivity index (χ4v) is 8.82. The van der Waals surface area contributed by atoms with Gasteiger partial charge in [0.15, 0.2) is 0 Å². The summed E-state index contributed by atoms with van der Waals surface area (Å²) >= 11 is 0. The largest absolute Gasteiger partial charge is 0.497 e. The van der Waals surface area contributed by atoms with Gasteiger partial charge in [-0.2, -0.15) is 23.1 Å². The number of amides is 1. The molecule has 0 radical (unpaired) electrons. The van der Waals surface area contributed by atoms with E-state index in [1.807, 2.05) is 67.3 Å². The number of hydrogen-bond donors (Lipinski definition) is 1. The Morgan fingerprint density at radius 2 is 1.56 bits per heavy atom. The molecule has 0 spiro atoms. The average molecular weight is 818 g/mol. The lowest BCUT2D eigenvalue weighted by Crippen LogP contribution is -2.54. The molecule has 12 nitrogen and oxygen atoms in total. The molecule has 2 aromatic carbocycles. The number of likely N-dealkylation sites (tertiary alicyclic amines) is 1. The van der Waals surface area contributed by atoms with Gasteiger partial charge >= 0.3 is 18.3 Å². The summed E-state index contributed by atoms with van der Waals surface area (Å²) in [5.41, 5.74) is 2.76. The SMILES string of the molecule is COc1ccc(CN(Cc2ccc(OC)cc2)c2cc(C)c(C(F)(F)F)c(C3Cc4nc(OC[C@@H]5CCCN5C)nc(N5CCN(C(=O)O)C[C@@H]5C)c4CC3C)n2)cc1. The van der Waals surface area contributed by atoms with Crippen LogP contribution in [0.15, 0.2) is 54.6 Å². The Hall–Kier alpha value is -5.31. The van der Waals surface area contributed by atoms with Gasteiger partial charge in [0.25, 0.3) is 0 Å². The maximum absolute atomic E-state index is 15.3. The van der Waals surface area contributed by atoms with Gasteiger partial charge < -0.3 is 38.9 Å². The van der Waals surface area contributed by atoms with E-state index in [1.165, 1.54) is 11.8 Å². The summed E-state index contributed by atoms with van der Waals surface area (Å²) in [6.45, 7) is 8.59. The highest BCUT2D eigenvalue weighted by Crippen LogP contribution is 2.46. The molecule has 7 rings (SSSR count). The van der Waals surface area contributed by atoms with Crippen molar-refractivity contribution in [3.63, 3.8) is 0 Å². The van der Waals surface area contributed by atoms with Crippen LogP contribution >= 0.6 is 0 Å². The first-order chi connectivity index (χ1) is 28.2. The van der Waals surface area contributed by atoms with Crippen molar-refractivity contribution < 1.29 is 37.3 Å². The molecule has 59 heavy (non-hydrogen) atoms. The molecule has 2 saturated heterocycles. The summed E-state index contributed by atoms with van der Waals surface area (Å²) in [5.74, 6) is 1.62. The molecule has 3 aliphatic rings. The minimum atomic E-state index is -4.65. The van der Waals surface area contributed by atoms with Crippen molar-refractivity contribution in [2.45, 2.75) is 83.7 Å². The van der Waals surface area contributed by atoms with E-state index < -0.39 is 23.8 Å². The highest BCUT2D eigenvalue weighted by molar-refractivity contribution is 5.66. The summed E-state index contributed by atoms with van der Waals surface area (Å²) in [5, 5.41) is 9.72. The molecule has 1 N–H and O–H groups in total. The molecule has 2 fully saturated rings. The number of anilines is 2. The molecule has 1 aliphatic carbocycles. The van der Waals surface area contributed by atoms with Crippen molar-refractivity contribution in [1.29, 1.82) is 0 Å². The first kappa shape index (κ1) is 41.8. The molecule has 2 aliphatic heterocycles. The number of nitrogens with zero attached hydrogens (tertiary/aromatic N) is 7. The zero-order chi connectivity index (χ0) is 42.0. The van der Waals surface area contributed by atoms with Crippen LogP contribution < -0.4 is 24.0 Å². The molecule has 15 heteroatoms. The van der Waals surface area contributed by atoms with Crippen LogP contribution in [0.2, 0.25) is 0 Å². The molecule has 316 valence electrons. The molecule has 1 amide bonds. The van der Waals surface area contributed by atoms with Crippen LogP contribution in [0.4, 0.5) is 29.6 Å². The Balaban J connectivity index is 1.29. The van der Waals surface area contributed by atoms with E-state index in [9.17, 15) is 9.90 Å². The number of hydrogen-bond acceptors (Lipinski definition) is 10. The number of alkyl halides is 3. The van der Waals surface area contributed by atoms with Crippen molar-refractivity contribution in [3.8, 4) is 17.5 Å². The van der Waals surface area contributed by atoms with Gasteiger partial charge in [-0.15, -0.1) is 0 Å². The predicted octanol–water partition coefficient (Wildman–Crippen LogP) is 7.60. The van der Waals surface area contributed by atoms with E-state index in [-0.39, 0.29) is 41.7 Å². The van der Waals surface area contributed by atoms with Gasteiger partial charge in [0, 0.05) is 56.3 Å². The number of benzene rings is 2. The zero-order valence-electron chi connectivity index (χ0n) is 34.6. The number of carboxylic acid groups (broad SMARTS) is 1. The van der Waals surface area contributed by atoms with Gasteiger partial charge in [-0.1, -0.05) is 31.2 Å². The van der Waals surface area contributed by atoms with Crippen LogP contribution in [0, 0.1) is 12.8 Å². The third-order valence-corrected chi connectivity index (χ3v) is 12.2. The molecule has 4 atom stereocenters. The second kappa shape index (κ2) is 17.5. The van der Waals surface area contributed by atoms with E-state index in [2.05, 4.69) is 16.8 Å². The summed E-state index contributed by atoms with van der Waals surface area (Å²) in [7, 11) is 5.27. The number of piperazine rings is 1. The fraction of sp³-hybridized carbons (Fsp3) is 0.500. The lowest BCUT2D eigenvalue weighted by atomic mass is 9.75. The van der Waals surface area contributed by atoms with Crippen molar-refractivity contribution in [2.75, 3.05) is 63.9 Å². The quantitative estimate of drug-likeness (QED) is 0.152. The van der Waals surface area contributed by atoms with Gasteiger partial charge in [-0.05, 0) is 106 Å². The van der Waals surface area contributed by atoms with Crippen molar-refractivity contribution in [3.05, 3.63) is 93.8 Å². The van der Waals surface area contributed by atoms with E-state index in [0.717, 1.165) is 36.1 Å². The molecule has 0 bridgehead atoms. The first-order valence-electron chi connectivity index (χ1n) is 20.3. The zero-order valence-corrected chi connectivity index (χ0v) is 34.6. The van der Waals surface area contributed by atoms with Crippen LogP contribution in [0.25, 0.3) is 0 Å². The van der Waals surface area contributed by atoms with Gasteiger partial charge in [-0.25, -0.2) is 9.78 Å². The number of halogens is 3. The fourth-order valence-electron chi connectivity index (χ4n) is 8.82.